The van der Waals surface area contributed by atoms with Crippen LogP contribution >= 0.6 is 0 Å². The van der Waals surface area contributed by atoms with Gasteiger partial charge in [0.05, 0.1) is 18.0 Å². The predicted octanol–water partition coefficient (Wildman–Crippen LogP) is 5.14. The van der Waals surface area contributed by atoms with E-state index in [0.717, 1.165) is 28.1 Å². The van der Waals surface area contributed by atoms with E-state index in [9.17, 15) is 4.79 Å². The molecule has 0 fully saturated rings. The number of rotatable bonds is 3. The smallest absolute Gasteiger partial charge is 0.418 e. The molecule has 3 rings (SSSR count). The summed E-state index contributed by atoms with van der Waals surface area (Å²) in [7, 11) is 0. The number of hydrogen-bond donors (Lipinski definition) is 0. The lowest BCUT2D eigenvalue weighted by molar-refractivity contribution is 0.155. The third kappa shape index (κ3) is 2.90. The largest absolute Gasteiger partial charge is 0.449 e. The van der Waals surface area contributed by atoms with E-state index in [4.69, 9.17) is 4.74 Å². The van der Waals surface area contributed by atoms with Crippen molar-refractivity contribution in [3.8, 4) is 22.5 Å². The Hall–Kier alpha value is -2.81. The van der Waals surface area contributed by atoms with Crippen molar-refractivity contribution in [3.63, 3.8) is 0 Å². The van der Waals surface area contributed by atoms with E-state index >= 15 is 0 Å². The Bertz CT molecular complexity index is 804. The minimum absolute atomic E-state index is 0.346. The second-order valence-corrected chi connectivity index (χ2v) is 5.33. The summed E-state index contributed by atoms with van der Waals surface area (Å²) in [6.07, 6.45) is -0.349. The lowest BCUT2D eigenvalue weighted by Gasteiger charge is -2.12. The van der Waals surface area contributed by atoms with Gasteiger partial charge in [-0.1, -0.05) is 60.7 Å². The van der Waals surface area contributed by atoms with E-state index in [1.54, 1.807) is 4.57 Å². The van der Waals surface area contributed by atoms with Gasteiger partial charge in [-0.25, -0.2) is 9.36 Å². The molecule has 0 amide bonds. The van der Waals surface area contributed by atoms with E-state index in [0.29, 0.717) is 6.61 Å². The van der Waals surface area contributed by atoms with Crippen molar-refractivity contribution in [3.05, 3.63) is 72.3 Å². The average Bonchev–Trinajstić information content (AvgIpc) is 2.94. The van der Waals surface area contributed by atoms with E-state index in [2.05, 4.69) is 0 Å². The highest BCUT2D eigenvalue weighted by molar-refractivity contribution is 5.87. The van der Waals surface area contributed by atoms with Crippen LogP contribution in [0.5, 0.6) is 0 Å². The highest BCUT2D eigenvalue weighted by atomic mass is 16.5. The van der Waals surface area contributed by atoms with Crippen LogP contribution in [0.15, 0.2) is 66.7 Å². The molecule has 0 radical (unpaired) electrons. The molecule has 3 aromatic rings. The van der Waals surface area contributed by atoms with Gasteiger partial charge < -0.3 is 4.74 Å². The maximum absolute atomic E-state index is 12.6. The molecule has 3 heteroatoms. The number of carbonyl (C=O) groups excluding carboxylic acids is 1. The van der Waals surface area contributed by atoms with Crippen LogP contribution in [0.25, 0.3) is 22.5 Å². The Morgan fingerprint density at radius 1 is 0.957 bits per heavy atom. The van der Waals surface area contributed by atoms with Gasteiger partial charge in [-0.3, -0.25) is 0 Å². The van der Waals surface area contributed by atoms with E-state index in [1.165, 1.54) is 0 Å². The molecule has 0 N–H and O–H groups in total. The molecule has 1 aromatic heterocycles. The van der Waals surface area contributed by atoms with E-state index in [-0.39, 0.29) is 6.09 Å². The number of carbonyl (C=O) groups is 1. The maximum atomic E-state index is 12.6. The molecule has 23 heavy (non-hydrogen) atoms. The van der Waals surface area contributed by atoms with Gasteiger partial charge in [-0.2, -0.15) is 0 Å². The van der Waals surface area contributed by atoms with Gasteiger partial charge in [0, 0.05) is 0 Å². The number of aryl methyl sites for hydroxylation is 1. The fourth-order valence-electron chi connectivity index (χ4n) is 2.79. The Kier molecular flexibility index (Phi) is 4.29. The fourth-order valence-corrected chi connectivity index (χ4v) is 2.79. The molecule has 0 bridgehead atoms. The first kappa shape index (κ1) is 15.1. The molecule has 0 aliphatic heterocycles. The molecule has 0 spiro atoms. The molecular formula is C20H19NO2. The number of nitrogens with zero attached hydrogens (tertiary/aromatic N) is 1. The topological polar surface area (TPSA) is 31.2 Å². The summed E-state index contributed by atoms with van der Waals surface area (Å²) in [5.74, 6) is 0. The van der Waals surface area contributed by atoms with Crippen molar-refractivity contribution in [2.75, 3.05) is 6.61 Å². The summed E-state index contributed by atoms with van der Waals surface area (Å²) in [4.78, 5) is 12.6. The first-order chi connectivity index (χ1) is 11.2. The van der Waals surface area contributed by atoms with Crippen molar-refractivity contribution in [1.29, 1.82) is 0 Å². The monoisotopic (exact) mass is 305 g/mol. The number of aromatic nitrogens is 1. The zero-order valence-corrected chi connectivity index (χ0v) is 13.3. The van der Waals surface area contributed by atoms with Crippen LogP contribution in [0.3, 0.4) is 0 Å². The molecule has 0 unspecified atom stereocenters. The van der Waals surface area contributed by atoms with Crippen LogP contribution in [0.1, 0.15) is 12.5 Å². The van der Waals surface area contributed by atoms with Crippen molar-refractivity contribution in [1.82, 2.24) is 4.57 Å². The Morgan fingerprint density at radius 2 is 1.52 bits per heavy atom. The SMILES string of the molecule is CCOC(=O)n1c(-c2ccccc2)cc(C)c1-c1ccccc1. The number of ether oxygens (including phenoxy) is 1. The molecule has 3 nitrogen and oxygen atoms in total. The van der Waals surface area contributed by atoms with Crippen LogP contribution in [0.4, 0.5) is 4.79 Å². The van der Waals surface area contributed by atoms with E-state index in [1.807, 2.05) is 80.6 Å². The summed E-state index contributed by atoms with van der Waals surface area (Å²) < 4.78 is 6.96. The minimum atomic E-state index is -0.349. The van der Waals surface area contributed by atoms with Gasteiger partial charge in [0.1, 0.15) is 0 Å². The zero-order valence-electron chi connectivity index (χ0n) is 13.3. The lowest BCUT2D eigenvalue weighted by atomic mass is 10.1. The first-order valence-electron chi connectivity index (χ1n) is 7.72. The van der Waals surface area contributed by atoms with Gasteiger partial charge in [0.25, 0.3) is 0 Å². The van der Waals surface area contributed by atoms with Crippen LogP contribution in [0.2, 0.25) is 0 Å². The molecule has 0 saturated carbocycles. The average molecular weight is 305 g/mol. The number of hydrogen-bond acceptors (Lipinski definition) is 2. The number of benzene rings is 2. The summed E-state index contributed by atoms with van der Waals surface area (Å²) in [6, 6.07) is 21.9. The second kappa shape index (κ2) is 6.53. The van der Waals surface area contributed by atoms with Crippen LogP contribution < -0.4 is 0 Å². The fraction of sp³-hybridized carbons (Fsp3) is 0.150. The summed E-state index contributed by atoms with van der Waals surface area (Å²) in [5.41, 5.74) is 4.76. The highest BCUT2D eigenvalue weighted by Gasteiger charge is 2.21. The summed E-state index contributed by atoms with van der Waals surface area (Å²) in [5, 5.41) is 0. The quantitative estimate of drug-likeness (QED) is 0.671. The molecular weight excluding hydrogens is 286 g/mol. The van der Waals surface area contributed by atoms with Crippen LogP contribution in [0, 0.1) is 6.92 Å². The van der Waals surface area contributed by atoms with Crippen LogP contribution in [-0.4, -0.2) is 17.3 Å². The van der Waals surface area contributed by atoms with Crippen molar-refractivity contribution in [2.45, 2.75) is 13.8 Å². The van der Waals surface area contributed by atoms with Crippen molar-refractivity contribution < 1.29 is 9.53 Å². The molecule has 116 valence electrons. The first-order valence-corrected chi connectivity index (χ1v) is 7.72. The van der Waals surface area contributed by atoms with E-state index < -0.39 is 0 Å². The minimum Gasteiger partial charge on any atom is -0.449 e. The standard InChI is InChI=1S/C20H19NO2/c1-3-23-20(22)21-18(16-10-6-4-7-11-16)14-15(2)19(21)17-12-8-5-9-13-17/h4-14H,3H2,1-2H3. The normalized spacial score (nSPS) is 10.5. The Balaban J connectivity index is 2.24. The third-order valence-corrected chi connectivity index (χ3v) is 3.76. The molecule has 1 heterocycles. The molecule has 0 atom stereocenters. The third-order valence-electron chi connectivity index (χ3n) is 3.76. The van der Waals surface area contributed by atoms with Gasteiger partial charge in [-0.15, -0.1) is 0 Å². The second-order valence-electron chi connectivity index (χ2n) is 5.33. The summed E-state index contributed by atoms with van der Waals surface area (Å²) in [6.45, 7) is 4.18. The highest BCUT2D eigenvalue weighted by Crippen LogP contribution is 2.32. The Labute approximate surface area is 136 Å². The molecule has 2 aromatic carbocycles. The van der Waals surface area contributed by atoms with Crippen molar-refractivity contribution >= 4 is 6.09 Å². The molecule has 0 aliphatic rings. The summed E-state index contributed by atoms with van der Waals surface area (Å²) >= 11 is 0. The lowest BCUT2D eigenvalue weighted by Crippen LogP contribution is -2.16. The molecule has 0 aliphatic carbocycles. The van der Waals surface area contributed by atoms with Gasteiger partial charge >= 0.3 is 6.09 Å². The van der Waals surface area contributed by atoms with Gasteiger partial charge in [-0.05, 0) is 36.6 Å². The van der Waals surface area contributed by atoms with Gasteiger partial charge in [0.2, 0.25) is 0 Å². The molecule has 0 saturated heterocycles. The van der Waals surface area contributed by atoms with Crippen LogP contribution in [-0.2, 0) is 4.74 Å². The zero-order chi connectivity index (χ0) is 16.2. The predicted molar refractivity (Wildman–Crippen MR) is 92.5 cm³/mol. The van der Waals surface area contributed by atoms with Gasteiger partial charge in [0.15, 0.2) is 0 Å². The van der Waals surface area contributed by atoms with Crippen molar-refractivity contribution in [2.24, 2.45) is 0 Å². The Morgan fingerprint density at radius 3 is 2.09 bits per heavy atom. The maximum Gasteiger partial charge on any atom is 0.418 e.